The lowest BCUT2D eigenvalue weighted by atomic mass is 9.90. The molecule has 1 unspecified atom stereocenters. The van der Waals surface area contributed by atoms with Crippen LogP contribution in [0.15, 0.2) is 11.9 Å². The van der Waals surface area contributed by atoms with Gasteiger partial charge in [-0.2, -0.15) is 0 Å². The highest BCUT2D eigenvalue weighted by Gasteiger charge is 2.62. The van der Waals surface area contributed by atoms with Gasteiger partial charge < -0.3 is 10.1 Å². The first kappa shape index (κ1) is 10.9. The fraction of sp³-hybridized carbons (Fsp3) is 0.700. The molecule has 0 aromatic heterocycles. The Bertz CT molecular complexity index is 366. The Morgan fingerprint density at radius 3 is 3.12 bits per heavy atom. The van der Waals surface area contributed by atoms with E-state index in [9.17, 15) is 14.9 Å². The van der Waals surface area contributed by atoms with Gasteiger partial charge in [0.2, 0.25) is 0 Å². The van der Waals surface area contributed by atoms with Gasteiger partial charge in [0.1, 0.15) is 0 Å². The second-order valence-electron chi connectivity index (χ2n) is 4.29. The van der Waals surface area contributed by atoms with Gasteiger partial charge in [0.25, 0.3) is 6.20 Å². The van der Waals surface area contributed by atoms with Gasteiger partial charge in [0.15, 0.2) is 0 Å². The van der Waals surface area contributed by atoms with Crippen molar-refractivity contribution in [3.05, 3.63) is 22.0 Å². The number of carbonyl (C=O) groups is 1. The SMILES string of the molecule is COC(=O)[C@H]1CC12CCCN/C2=C\[N+](=O)[O-]. The summed E-state index contributed by atoms with van der Waals surface area (Å²) in [5.41, 5.74) is 0.234. The summed E-state index contributed by atoms with van der Waals surface area (Å²) < 4.78 is 4.69. The van der Waals surface area contributed by atoms with Crippen molar-refractivity contribution in [3.8, 4) is 0 Å². The first-order valence-electron chi connectivity index (χ1n) is 5.27. The summed E-state index contributed by atoms with van der Waals surface area (Å²) in [5, 5.41) is 13.5. The van der Waals surface area contributed by atoms with E-state index >= 15 is 0 Å². The molecule has 6 nitrogen and oxygen atoms in total. The molecule has 1 aliphatic heterocycles. The zero-order valence-corrected chi connectivity index (χ0v) is 9.06. The minimum Gasteiger partial charge on any atom is -0.469 e. The summed E-state index contributed by atoms with van der Waals surface area (Å²) in [6.07, 6.45) is 3.40. The van der Waals surface area contributed by atoms with Crippen molar-refractivity contribution in [2.75, 3.05) is 13.7 Å². The average Bonchev–Trinajstić information content (AvgIpc) is 2.96. The second-order valence-corrected chi connectivity index (χ2v) is 4.29. The van der Waals surface area contributed by atoms with Gasteiger partial charge in [0, 0.05) is 12.0 Å². The smallest absolute Gasteiger partial charge is 0.309 e. The molecule has 0 aromatic carbocycles. The average molecular weight is 226 g/mol. The number of rotatable bonds is 2. The molecule has 1 saturated carbocycles. The van der Waals surface area contributed by atoms with Gasteiger partial charge in [-0.1, -0.05) is 0 Å². The molecule has 88 valence electrons. The van der Waals surface area contributed by atoms with Crippen molar-refractivity contribution < 1.29 is 14.5 Å². The van der Waals surface area contributed by atoms with Gasteiger partial charge in [0.05, 0.1) is 23.6 Å². The largest absolute Gasteiger partial charge is 0.469 e. The highest BCUT2D eigenvalue weighted by molar-refractivity contribution is 5.78. The number of nitrogens with one attached hydrogen (secondary N) is 1. The molecule has 2 fully saturated rings. The Kier molecular flexibility index (Phi) is 2.57. The number of ether oxygens (including phenoxy) is 1. The van der Waals surface area contributed by atoms with Crippen molar-refractivity contribution in [1.82, 2.24) is 5.32 Å². The zero-order chi connectivity index (χ0) is 11.8. The van der Waals surface area contributed by atoms with Crippen LogP contribution in [-0.4, -0.2) is 24.5 Å². The lowest BCUT2D eigenvalue weighted by Crippen LogP contribution is -2.32. The Labute approximate surface area is 92.8 Å². The fourth-order valence-electron chi connectivity index (χ4n) is 2.55. The molecular formula is C10H14N2O4. The third kappa shape index (κ3) is 1.64. The van der Waals surface area contributed by atoms with Crippen molar-refractivity contribution in [2.45, 2.75) is 19.3 Å². The second kappa shape index (κ2) is 3.77. The molecule has 1 heterocycles. The van der Waals surface area contributed by atoms with E-state index in [1.165, 1.54) is 7.11 Å². The lowest BCUT2D eigenvalue weighted by molar-refractivity contribution is -0.404. The number of esters is 1. The number of nitro groups is 1. The molecule has 0 bridgehead atoms. The summed E-state index contributed by atoms with van der Waals surface area (Å²) in [6.45, 7) is 0.731. The molecule has 2 rings (SSSR count). The quantitative estimate of drug-likeness (QED) is 0.425. The molecule has 16 heavy (non-hydrogen) atoms. The fourth-order valence-corrected chi connectivity index (χ4v) is 2.55. The van der Waals surface area contributed by atoms with Crippen LogP contribution in [0.4, 0.5) is 0 Å². The molecule has 2 atom stereocenters. The molecule has 1 saturated heterocycles. The molecule has 0 radical (unpaired) electrons. The summed E-state index contributed by atoms with van der Waals surface area (Å²) in [5.74, 6) is -0.477. The van der Waals surface area contributed by atoms with Gasteiger partial charge in [-0.05, 0) is 19.3 Å². The van der Waals surface area contributed by atoms with Crippen LogP contribution in [0.1, 0.15) is 19.3 Å². The van der Waals surface area contributed by atoms with Crippen LogP contribution >= 0.6 is 0 Å². The Morgan fingerprint density at radius 1 is 1.75 bits per heavy atom. The number of hydrogen-bond donors (Lipinski definition) is 1. The van der Waals surface area contributed by atoms with Crippen LogP contribution < -0.4 is 5.32 Å². The minimum absolute atomic E-state index is 0.212. The zero-order valence-electron chi connectivity index (χ0n) is 9.06. The van der Waals surface area contributed by atoms with Gasteiger partial charge >= 0.3 is 5.97 Å². The van der Waals surface area contributed by atoms with E-state index in [2.05, 4.69) is 5.32 Å². The third-order valence-electron chi connectivity index (χ3n) is 3.45. The predicted octanol–water partition coefficient (Wildman–Crippen LogP) is 0.667. The minimum atomic E-state index is -0.470. The summed E-state index contributed by atoms with van der Waals surface area (Å²) >= 11 is 0. The number of piperidine rings is 1. The van der Waals surface area contributed by atoms with E-state index in [4.69, 9.17) is 4.74 Å². The Morgan fingerprint density at radius 2 is 2.50 bits per heavy atom. The van der Waals surface area contributed by atoms with E-state index in [0.717, 1.165) is 25.6 Å². The Balaban J connectivity index is 2.19. The monoisotopic (exact) mass is 226 g/mol. The molecule has 2 aliphatic rings. The normalized spacial score (nSPS) is 34.6. The maximum atomic E-state index is 11.4. The predicted molar refractivity (Wildman–Crippen MR) is 54.9 cm³/mol. The van der Waals surface area contributed by atoms with Crippen LogP contribution in [0.5, 0.6) is 0 Å². The topological polar surface area (TPSA) is 81.5 Å². The molecule has 0 amide bonds. The van der Waals surface area contributed by atoms with E-state index in [0.29, 0.717) is 12.1 Å². The number of methoxy groups -OCH3 is 1. The van der Waals surface area contributed by atoms with Crippen molar-refractivity contribution in [1.29, 1.82) is 0 Å². The van der Waals surface area contributed by atoms with Gasteiger partial charge in [-0.25, -0.2) is 0 Å². The summed E-state index contributed by atoms with van der Waals surface area (Å²) in [6, 6.07) is 0. The number of allylic oxidation sites excluding steroid dienone is 1. The van der Waals surface area contributed by atoms with Crippen LogP contribution in [0.2, 0.25) is 0 Å². The van der Waals surface area contributed by atoms with E-state index in [1.54, 1.807) is 0 Å². The maximum absolute atomic E-state index is 11.4. The van der Waals surface area contributed by atoms with Crippen molar-refractivity contribution >= 4 is 5.97 Å². The molecule has 1 N–H and O–H groups in total. The van der Waals surface area contributed by atoms with Gasteiger partial charge in [-0.3, -0.25) is 14.9 Å². The maximum Gasteiger partial charge on any atom is 0.309 e. The number of nitrogens with zero attached hydrogens (tertiary/aromatic N) is 1. The van der Waals surface area contributed by atoms with Crippen molar-refractivity contribution in [2.24, 2.45) is 11.3 Å². The van der Waals surface area contributed by atoms with Crippen LogP contribution in [0.3, 0.4) is 0 Å². The molecular weight excluding hydrogens is 212 g/mol. The standard InChI is InChI=1S/C10H14N2O4/c1-16-9(13)7-5-10(7)3-2-4-11-8(10)6-12(14)15/h6-7,11H,2-5H2,1H3/b8-6-/t7-,10?/m1/s1. The summed E-state index contributed by atoms with van der Waals surface area (Å²) in [4.78, 5) is 21.5. The molecule has 1 aliphatic carbocycles. The summed E-state index contributed by atoms with van der Waals surface area (Å²) in [7, 11) is 1.35. The number of hydrogen-bond acceptors (Lipinski definition) is 5. The third-order valence-corrected chi connectivity index (χ3v) is 3.45. The van der Waals surface area contributed by atoms with Crippen LogP contribution in [0, 0.1) is 21.4 Å². The van der Waals surface area contributed by atoms with E-state index < -0.39 is 4.92 Å². The van der Waals surface area contributed by atoms with Crippen LogP contribution in [0.25, 0.3) is 0 Å². The highest BCUT2D eigenvalue weighted by atomic mass is 16.6. The van der Waals surface area contributed by atoms with E-state index in [-0.39, 0.29) is 17.3 Å². The molecule has 1 spiro atoms. The number of carbonyl (C=O) groups excluding carboxylic acids is 1. The first-order chi connectivity index (χ1) is 7.60. The van der Waals surface area contributed by atoms with Crippen LogP contribution in [-0.2, 0) is 9.53 Å². The lowest BCUT2D eigenvalue weighted by Gasteiger charge is -2.25. The van der Waals surface area contributed by atoms with Gasteiger partial charge in [-0.15, -0.1) is 0 Å². The molecule has 6 heteroatoms. The van der Waals surface area contributed by atoms with Crippen molar-refractivity contribution in [3.63, 3.8) is 0 Å². The molecule has 0 aromatic rings. The van der Waals surface area contributed by atoms with E-state index in [1.807, 2.05) is 0 Å². The first-order valence-corrected chi connectivity index (χ1v) is 5.27. The Hall–Kier alpha value is -1.59. The highest BCUT2D eigenvalue weighted by Crippen LogP contribution is 2.61.